The van der Waals surface area contributed by atoms with Crippen LogP contribution in [0.25, 0.3) is 0 Å². The molecule has 1 saturated carbocycles. The lowest BCUT2D eigenvalue weighted by Gasteiger charge is -2.03. The van der Waals surface area contributed by atoms with E-state index in [0.717, 1.165) is 24.9 Å². The van der Waals surface area contributed by atoms with E-state index in [2.05, 4.69) is 0 Å². The highest BCUT2D eigenvalue weighted by atomic mass is 16.5. The summed E-state index contributed by atoms with van der Waals surface area (Å²) in [5.74, 6) is 1.72. The van der Waals surface area contributed by atoms with Crippen molar-refractivity contribution in [3.05, 3.63) is 0 Å². The van der Waals surface area contributed by atoms with E-state index in [1.54, 1.807) is 0 Å². The molecule has 1 aliphatic heterocycles. The van der Waals surface area contributed by atoms with E-state index in [1.165, 1.54) is 12.8 Å². The normalized spacial score (nSPS) is 40.5. The Kier molecular flexibility index (Phi) is 1.66. The molecule has 0 bridgehead atoms. The molecule has 58 valence electrons. The quantitative estimate of drug-likeness (QED) is 0.617. The molecule has 1 N–H and O–H groups in total. The summed E-state index contributed by atoms with van der Waals surface area (Å²) in [6.45, 7) is 1.11. The molecule has 0 spiro atoms. The third kappa shape index (κ3) is 1.18. The minimum atomic E-state index is 0.158. The zero-order chi connectivity index (χ0) is 6.97. The van der Waals surface area contributed by atoms with Gasteiger partial charge in [0.15, 0.2) is 0 Å². The number of hydrogen-bond donors (Lipinski definition) is 1. The highest BCUT2D eigenvalue weighted by Gasteiger charge is 2.36. The number of aliphatic hydroxyl groups excluding tert-OH is 1. The van der Waals surface area contributed by atoms with Crippen molar-refractivity contribution < 1.29 is 9.84 Å². The summed E-state index contributed by atoms with van der Waals surface area (Å²) in [5.41, 5.74) is 0. The first-order valence-electron chi connectivity index (χ1n) is 4.12. The number of hydrogen-bond acceptors (Lipinski definition) is 2. The summed E-state index contributed by atoms with van der Waals surface area (Å²) >= 11 is 0. The smallest absolute Gasteiger partial charge is 0.0809 e. The van der Waals surface area contributed by atoms with Crippen molar-refractivity contribution in [2.45, 2.75) is 25.4 Å². The van der Waals surface area contributed by atoms with Crippen molar-refractivity contribution in [1.82, 2.24) is 0 Å². The molecule has 2 fully saturated rings. The Bertz CT molecular complexity index is 120. The van der Waals surface area contributed by atoms with Gasteiger partial charge in [0.2, 0.25) is 0 Å². The van der Waals surface area contributed by atoms with E-state index in [4.69, 9.17) is 9.84 Å². The fourth-order valence-electron chi connectivity index (χ4n) is 1.76. The number of rotatable bonds is 2. The van der Waals surface area contributed by atoms with Gasteiger partial charge in [-0.3, -0.25) is 0 Å². The van der Waals surface area contributed by atoms with E-state index >= 15 is 0 Å². The first kappa shape index (κ1) is 6.62. The molecule has 1 heterocycles. The van der Waals surface area contributed by atoms with Crippen LogP contribution in [-0.4, -0.2) is 24.4 Å². The Balaban J connectivity index is 1.81. The molecule has 1 saturated heterocycles. The van der Waals surface area contributed by atoms with Gasteiger partial charge in [0.05, 0.1) is 19.3 Å². The van der Waals surface area contributed by atoms with Crippen LogP contribution >= 0.6 is 0 Å². The second kappa shape index (κ2) is 2.51. The van der Waals surface area contributed by atoms with Gasteiger partial charge in [-0.1, -0.05) is 0 Å². The lowest BCUT2D eigenvalue weighted by Crippen LogP contribution is -2.10. The number of aliphatic hydroxyl groups is 1. The summed E-state index contributed by atoms with van der Waals surface area (Å²) < 4.78 is 5.37. The molecule has 1 aliphatic carbocycles. The van der Waals surface area contributed by atoms with Crippen molar-refractivity contribution in [2.24, 2.45) is 11.8 Å². The van der Waals surface area contributed by atoms with E-state index in [1.807, 2.05) is 0 Å². The Morgan fingerprint density at radius 3 is 2.60 bits per heavy atom. The summed E-state index contributed by atoms with van der Waals surface area (Å²) in [6, 6.07) is 0. The van der Waals surface area contributed by atoms with Gasteiger partial charge in [-0.15, -0.1) is 0 Å². The predicted molar refractivity (Wildman–Crippen MR) is 37.7 cm³/mol. The first-order valence-corrected chi connectivity index (χ1v) is 4.12. The monoisotopic (exact) mass is 142 g/mol. The SMILES string of the molecule is OC[C@H]1C[C@H](C2CC2)CO1. The highest BCUT2D eigenvalue weighted by Crippen LogP contribution is 2.41. The molecular formula is C8H14O2. The van der Waals surface area contributed by atoms with Crippen LogP contribution in [0.3, 0.4) is 0 Å². The van der Waals surface area contributed by atoms with Crippen molar-refractivity contribution in [3.63, 3.8) is 0 Å². The summed E-state index contributed by atoms with van der Waals surface area (Å²) in [7, 11) is 0. The number of ether oxygens (including phenoxy) is 1. The van der Waals surface area contributed by atoms with Crippen LogP contribution < -0.4 is 0 Å². The maximum Gasteiger partial charge on any atom is 0.0809 e. The summed E-state index contributed by atoms with van der Waals surface area (Å²) in [6.07, 6.45) is 4.05. The molecule has 0 aromatic carbocycles. The molecule has 0 aromatic rings. The average Bonchev–Trinajstić information content (AvgIpc) is 2.70. The molecule has 2 rings (SSSR count). The van der Waals surface area contributed by atoms with Crippen LogP contribution in [-0.2, 0) is 4.74 Å². The third-order valence-corrected chi connectivity index (χ3v) is 2.60. The minimum absolute atomic E-state index is 0.158. The van der Waals surface area contributed by atoms with Crippen molar-refractivity contribution in [3.8, 4) is 0 Å². The fourth-order valence-corrected chi connectivity index (χ4v) is 1.76. The molecule has 0 amide bonds. The maximum atomic E-state index is 8.76. The Morgan fingerprint density at radius 1 is 1.30 bits per heavy atom. The second-order valence-corrected chi connectivity index (χ2v) is 3.47. The Morgan fingerprint density at radius 2 is 2.10 bits per heavy atom. The van der Waals surface area contributed by atoms with Gasteiger partial charge in [0, 0.05) is 0 Å². The largest absolute Gasteiger partial charge is 0.394 e. The van der Waals surface area contributed by atoms with Crippen LogP contribution in [0, 0.1) is 11.8 Å². The molecule has 10 heavy (non-hydrogen) atoms. The molecule has 0 radical (unpaired) electrons. The van der Waals surface area contributed by atoms with Gasteiger partial charge in [-0.05, 0) is 31.1 Å². The van der Waals surface area contributed by atoms with E-state index in [9.17, 15) is 0 Å². The van der Waals surface area contributed by atoms with Crippen LogP contribution in [0.4, 0.5) is 0 Å². The Hall–Kier alpha value is -0.0800. The van der Waals surface area contributed by atoms with Gasteiger partial charge < -0.3 is 9.84 Å². The molecular weight excluding hydrogens is 128 g/mol. The molecule has 0 aromatic heterocycles. The van der Waals surface area contributed by atoms with Gasteiger partial charge in [-0.2, -0.15) is 0 Å². The van der Waals surface area contributed by atoms with Crippen molar-refractivity contribution in [1.29, 1.82) is 0 Å². The molecule has 2 atom stereocenters. The van der Waals surface area contributed by atoms with Gasteiger partial charge >= 0.3 is 0 Å². The highest BCUT2D eigenvalue weighted by molar-refractivity contribution is 4.86. The van der Waals surface area contributed by atoms with Crippen molar-refractivity contribution in [2.75, 3.05) is 13.2 Å². The standard InChI is InChI=1S/C8H14O2/c9-4-8-3-7(5-10-8)6-1-2-6/h6-9H,1-5H2/t7-,8+/m0/s1. The van der Waals surface area contributed by atoms with Gasteiger partial charge in [-0.25, -0.2) is 0 Å². The van der Waals surface area contributed by atoms with Gasteiger partial charge in [0.1, 0.15) is 0 Å². The summed E-state index contributed by atoms with van der Waals surface area (Å²) in [5, 5.41) is 8.76. The van der Waals surface area contributed by atoms with Crippen LogP contribution in [0.1, 0.15) is 19.3 Å². The molecule has 0 unspecified atom stereocenters. The predicted octanol–water partition coefficient (Wildman–Crippen LogP) is 0.794. The van der Waals surface area contributed by atoms with Crippen LogP contribution in [0.2, 0.25) is 0 Å². The molecule has 2 heteroatoms. The lowest BCUT2D eigenvalue weighted by molar-refractivity contribution is 0.0568. The minimum Gasteiger partial charge on any atom is -0.394 e. The van der Waals surface area contributed by atoms with Crippen LogP contribution in [0.15, 0.2) is 0 Å². The van der Waals surface area contributed by atoms with Crippen molar-refractivity contribution >= 4 is 0 Å². The van der Waals surface area contributed by atoms with Crippen LogP contribution in [0.5, 0.6) is 0 Å². The summed E-state index contributed by atoms with van der Waals surface area (Å²) in [4.78, 5) is 0. The molecule has 2 aliphatic rings. The zero-order valence-corrected chi connectivity index (χ0v) is 6.12. The van der Waals surface area contributed by atoms with E-state index in [-0.39, 0.29) is 12.7 Å². The lowest BCUT2D eigenvalue weighted by atomic mass is 10.0. The molecule has 2 nitrogen and oxygen atoms in total. The van der Waals surface area contributed by atoms with E-state index < -0.39 is 0 Å². The van der Waals surface area contributed by atoms with Gasteiger partial charge in [0.25, 0.3) is 0 Å². The maximum absolute atomic E-state index is 8.76. The zero-order valence-electron chi connectivity index (χ0n) is 6.12. The Labute approximate surface area is 61.2 Å². The second-order valence-electron chi connectivity index (χ2n) is 3.47. The third-order valence-electron chi connectivity index (χ3n) is 2.60. The fraction of sp³-hybridized carbons (Fsp3) is 1.00. The average molecular weight is 142 g/mol. The first-order chi connectivity index (χ1) is 4.90. The topological polar surface area (TPSA) is 29.5 Å². The van der Waals surface area contributed by atoms with E-state index in [0.29, 0.717) is 0 Å².